The molecule has 9 rings (SSSR count). The summed E-state index contributed by atoms with van der Waals surface area (Å²) in [7, 11) is 0. The van der Waals surface area contributed by atoms with Crippen molar-refractivity contribution in [2.75, 3.05) is 0 Å². The Morgan fingerprint density at radius 3 is 1.14 bits per heavy atom. The molecule has 0 N–H and O–H groups in total. The first-order chi connectivity index (χ1) is 17.9. The molecule has 2 aromatic rings. The molecule has 0 saturated heterocycles. The second-order valence-electron chi connectivity index (χ2n) is 14.6. The molecule has 0 heteroatoms. The molecule has 188 valence electrons. The van der Waals surface area contributed by atoms with E-state index in [0.29, 0.717) is 0 Å². The molecule has 0 spiro atoms. The van der Waals surface area contributed by atoms with E-state index in [-0.39, 0.29) is 0 Å². The van der Waals surface area contributed by atoms with Crippen molar-refractivity contribution in [2.24, 2.45) is 71.0 Å². The van der Waals surface area contributed by atoms with Crippen LogP contribution in [0, 0.1) is 71.0 Å². The lowest BCUT2D eigenvalue weighted by Gasteiger charge is -2.65. The monoisotopic (exact) mass is 476 g/mol. The van der Waals surface area contributed by atoms with Gasteiger partial charge in [-0.25, -0.2) is 0 Å². The van der Waals surface area contributed by atoms with Crippen molar-refractivity contribution in [1.82, 2.24) is 0 Å². The fourth-order valence-electron chi connectivity index (χ4n) is 13.5. The predicted molar refractivity (Wildman–Crippen MR) is 146 cm³/mol. The molecule has 0 nitrogen and oxygen atoms in total. The molecule has 0 heterocycles. The molecule has 0 amide bonds. The van der Waals surface area contributed by atoms with E-state index in [1.165, 1.54) is 12.8 Å². The summed E-state index contributed by atoms with van der Waals surface area (Å²) in [5, 5.41) is 0. The largest absolute Gasteiger partial charge is 0.0622 e. The zero-order valence-corrected chi connectivity index (χ0v) is 21.9. The van der Waals surface area contributed by atoms with E-state index in [1.807, 2.05) is 0 Å². The summed E-state index contributed by atoms with van der Waals surface area (Å²) in [6.07, 6.45) is 15.8. The minimum absolute atomic E-state index is 0.738. The Kier molecular flexibility index (Phi) is 4.73. The van der Waals surface area contributed by atoms with Crippen molar-refractivity contribution < 1.29 is 0 Å². The highest BCUT2D eigenvalue weighted by atomic mass is 14.7. The lowest BCUT2D eigenvalue weighted by atomic mass is 9.40. The van der Waals surface area contributed by atoms with Gasteiger partial charge in [0, 0.05) is 0 Å². The van der Waals surface area contributed by atoms with Crippen molar-refractivity contribution >= 4 is 0 Å². The highest BCUT2D eigenvalue weighted by Gasteiger charge is 2.66. The summed E-state index contributed by atoms with van der Waals surface area (Å²) in [6, 6.07) is 23.7. The number of hydrogen-bond donors (Lipinski definition) is 0. The first-order valence-corrected chi connectivity index (χ1v) is 16.0. The van der Waals surface area contributed by atoms with Crippen LogP contribution in [-0.4, -0.2) is 0 Å². The fraction of sp³-hybridized carbons (Fsp3) is 0.667. The van der Waals surface area contributed by atoms with Crippen molar-refractivity contribution in [3.05, 3.63) is 71.8 Å². The fourth-order valence-corrected chi connectivity index (χ4v) is 13.5. The van der Waals surface area contributed by atoms with Gasteiger partial charge in [-0.1, -0.05) is 60.7 Å². The first kappa shape index (κ1) is 21.4. The van der Waals surface area contributed by atoms with E-state index < -0.39 is 0 Å². The van der Waals surface area contributed by atoms with Gasteiger partial charge in [-0.15, -0.1) is 0 Å². The molecule has 7 aliphatic rings. The van der Waals surface area contributed by atoms with Crippen LogP contribution in [0.3, 0.4) is 0 Å². The minimum atomic E-state index is 0.738. The zero-order chi connectivity index (χ0) is 23.4. The lowest BCUT2D eigenvalue weighted by molar-refractivity contribution is -0.167. The van der Waals surface area contributed by atoms with E-state index in [2.05, 4.69) is 60.7 Å². The van der Waals surface area contributed by atoms with Gasteiger partial charge in [-0.3, -0.25) is 0 Å². The molecule has 7 saturated carbocycles. The van der Waals surface area contributed by atoms with Gasteiger partial charge in [0.1, 0.15) is 0 Å². The van der Waals surface area contributed by atoms with Gasteiger partial charge < -0.3 is 0 Å². The second kappa shape index (κ2) is 7.97. The van der Waals surface area contributed by atoms with Crippen LogP contribution in [0.5, 0.6) is 0 Å². The molecular formula is C36H44. The smallest absolute Gasteiger partial charge is 0.00591 e. The van der Waals surface area contributed by atoms with E-state index >= 15 is 0 Å². The number of rotatable bonds is 2. The van der Waals surface area contributed by atoms with Crippen molar-refractivity contribution in [2.45, 2.75) is 76.0 Å². The third-order valence-corrected chi connectivity index (χ3v) is 14.0. The van der Waals surface area contributed by atoms with Crippen molar-refractivity contribution in [3.63, 3.8) is 0 Å². The molecule has 7 aliphatic carbocycles. The third kappa shape index (κ3) is 2.78. The van der Waals surface area contributed by atoms with Crippen LogP contribution in [0.1, 0.15) is 87.2 Å². The summed E-state index contributed by atoms with van der Waals surface area (Å²) in [5.41, 5.74) is 3.31. The lowest BCUT2D eigenvalue weighted by Crippen LogP contribution is -2.59. The average molecular weight is 477 g/mol. The first-order valence-electron chi connectivity index (χ1n) is 16.0. The van der Waals surface area contributed by atoms with Crippen LogP contribution in [-0.2, 0) is 0 Å². The molecule has 36 heavy (non-hydrogen) atoms. The van der Waals surface area contributed by atoms with Gasteiger partial charge in [0.05, 0.1) is 0 Å². The Morgan fingerprint density at radius 1 is 0.333 bits per heavy atom. The highest BCUT2D eigenvalue weighted by molar-refractivity contribution is 5.35. The van der Waals surface area contributed by atoms with Crippen LogP contribution in [0.2, 0.25) is 0 Å². The molecule has 0 radical (unpaired) electrons. The summed E-state index contributed by atoms with van der Waals surface area (Å²) < 4.78 is 0. The van der Waals surface area contributed by atoms with Gasteiger partial charge in [0.15, 0.2) is 0 Å². The topological polar surface area (TPSA) is 0 Å². The molecule has 0 bridgehead atoms. The Labute approximate surface area is 218 Å². The molecule has 7 fully saturated rings. The average Bonchev–Trinajstić information content (AvgIpc) is 3.52. The summed E-state index contributed by atoms with van der Waals surface area (Å²) >= 11 is 0. The number of benzene rings is 2. The van der Waals surface area contributed by atoms with Gasteiger partial charge in [0.2, 0.25) is 0 Å². The molecular weight excluding hydrogens is 432 g/mol. The van der Waals surface area contributed by atoms with Gasteiger partial charge in [-0.05, 0) is 158 Å². The van der Waals surface area contributed by atoms with Crippen LogP contribution < -0.4 is 0 Å². The van der Waals surface area contributed by atoms with E-state index in [0.717, 1.165) is 82.9 Å². The highest BCUT2D eigenvalue weighted by Crippen LogP contribution is 2.74. The Hall–Kier alpha value is -1.56. The maximum atomic E-state index is 2.49. The number of hydrogen-bond acceptors (Lipinski definition) is 0. The summed E-state index contributed by atoms with van der Waals surface area (Å²) in [5.74, 6) is 14.3. The van der Waals surface area contributed by atoms with Crippen molar-refractivity contribution in [1.29, 1.82) is 0 Å². The van der Waals surface area contributed by atoms with E-state index in [9.17, 15) is 0 Å². The van der Waals surface area contributed by atoms with Crippen LogP contribution in [0.4, 0.5) is 0 Å². The second-order valence-corrected chi connectivity index (χ2v) is 14.6. The Morgan fingerprint density at radius 2 is 0.667 bits per heavy atom. The maximum absolute atomic E-state index is 2.49. The Bertz CT molecular complexity index is 1020. The normalized spacial score (nSPS) is 51.9. The van der Waals surface area contributed by atoms with Gasteiger partial charge >= 0.3 is 0 Å². The van der Waals surface area contributed by atoms with E-state index in [4.69, 9.17) is 0 Å². The summed E-state index contributed by atoms with van der Waals surface area (Å²) in [4.78, 5) is 0. The zero-order valence-electron chi connectivity index (χ0n) is 21.9. The van der Waals surface area contributed by atoms with Gasteiger partial charge in [-0.2, -0.15) is 0 Å². The molecule has 10 atom stereocenters. The molecule has 0 aliphatic heterocycles. The molecule has 0 aromatic heterocycles. The standard InChI is InChI=1S/C36H44/c1-3-7-21(8-4-1)32-29-19-17-27-25-15-13-23-11-12-24-14-16-26(34(25)31(23)24)28-18-20-30(36(29)35(27)28)33(32)22-9-5-2-6-10-22/h1-10,23-36H,11-20H2. The number of fused-ring (bicyclic) bond motifs is 2. The van der Waals surface area contributed by atoms with Crippen molar-refractivity contribution in [3.8, 4) is 0 Å². The Balaban J connectivity index is 1.15. The quantitative estimate of drug-likeness (QED) is 0.406. The molecule has 2 aromatic carbocycles. The van der Waals surface area contributed by atoms with Crippen LogP contribution in [0.25, 0.3) is 0 Å². The van der Waals surface area contributed by atoms with Crippen LogP contribution in [0.15, 0.2) is 60.7 Å². The van der Waals surface area contributed by atoms with Crippen LogP contribution >= 0.6 is 0 Å². The third-order valence-electron chi connectivity index (χ3n) is 14.0. The minimum Gasteiger partial charge on any atom is -0.0622 e. The summed E-state index contributed by atoms with van der Waals surface area (Å²) in [6.45, 7) is 0. The SMILES string of the molecule is c1ccc(C2C3CCC4C5CCC6CCC7CCC(C8CCC(C2c2ccccc2)C3C48)C5C67)cc1. The maximum Gasteiger partial charge on any atom is -0.00591 e. The molecule has 10 unspecified atom stereocenters. The van der Waals surface area contributed by atoms with Gasteiger partial charge in [0.25, 0.3) is 0 Å². The van der Waals surface area contributed by atoms with E-state index in [1.54, 1.807) is 62.5 Å². The predicted octanol–water partition coefficient (Wildman–Crippen LogP) is 8.94.